The first-order chi connectivity index (χ1) is 9.69. The molecular weight excluding hydrogens is 254 g/mol. The quantitative estimate of drug-likeness (QED) is 0.877. The first-order valence-corrected chi connectivity index (χ1v) is 6.64. The zero-order valence-corrected chi connectivity index (χ0v) is 12.4. The Balaban J connectivity index is 2.43. The maximum absolute atomic E-state index is 5.49. The topological polar surface area (TPSA) is 48.3 Å². The molecule has 1 N–H and O–H groups in total. The molecule has 20 heavy (non-hydrogen) atoms. The fourth-order valence-electron chi connectivity index (χ4n) is 2.22. The zero-order valence-electron chi connectivity index (χ0n) is 12.4. The van der Waals surface area contributed by atoms with E-state index in [9.17, 15) is 0 Å². The molecule has 0 aliphatic rings. The second-order valence-corrected chi connectivity index (χ2v) is 4.51. The van der Waals surface area contributed by atoms with E-state index in [1.807, 2.05) is 37.5 Å². The summed E-state index contributed by atoms with van der Waals surface area (Å²) in [6.45, 7) is 2.92. The largest absolute Gasteiger partial charge is 0.497 e. The number of aryl methyl sites for hydroxylation is 1. The van der Waals surface area contributed by atoms with Crippen LogP contribution in [0.2, 0.25) is 0 Å². The molecule has 2 rings (SSSR count). The van der Waals surface area contributed by atoms with Crippen molar-refractivity contribution in [2.75, 3.05) is 20.8 Å². The number of nitrogens with zero attached hydrogens (tertiary/aromatic N) is 2. The lowest BCUT2D eigenvalue weighted by Gasteiger charge is -2.19. The van der Waals surface area contributed by atoms with Crippen molar-refractivity contribution in [1.29, 1.82) is 0 Å². The average Bonchev–Trinajstić information content (AvgIpc) is 2.90. The summed E-state index contributed by atoms with van der Waals surface area (Å²) in [6, 6.07) is 7.85. The molecule has 0 amide bonds. The van der Waals surface area contributed by atoms with Crippen LogP contribution in [0.5, 0.6) is 11.5 Å². The number of hydrogen-bond donors (Lipinski definition) is 1. The van der Waals surface area contributed by atoms with Gasteiger partial charge in [0.05, 0.1) is 26.0 Å². The van der Waals surface area contributed by atoms with Crippen molar-refractivity contribution >= 4 is 0 Å². The van der Waals surface area contributed by atoms with Gasteiger partial charge in [-0.15, -0.1) is 0 Å². The summed E-state index contributed by atoms with van der Waals surface area (Å²) in [5.41, 5.74) is 2.02. The molecule has 1 heterocycles. The van der Waals surface area contributed by atoms with Gasteiger partial charge < -0.3 is 14.8 Å². The fraction of sp³-hybridized carbons (Fsp3) is 0.400. The van der Waals surface area contributed by atoms with Gasteiger partial charge in [-0.2, -0.15) is 5.10 Å². The summed E-state index contributed by atoms with van der Waals surface area (Å²) < 4.78 is 12.5. The first-order valence-electron chi connectivity index (χ1n) is 6.64. The van der Waals surface area contributed by atoms with E-state index < -0.39 is 0 Å². The highest BCUT2D eigenvalue weighted by Gasteiger charge is 2.20. The molecule has 108 valence electrons. The Kier molecular flexibility index (Phi) is 4.63. The molecule has 2 aromatic rings. The number of ether oxygens (including phenoxy) is 2. The van der Waals surface area contributed by atoms with Gasteiger partial charge in [0, 0.05) is 24.9 Å². The Morgan fingerprint density at radius 3 is 2.60 bits per heavy atom. The van der Waals surface area contributed by atoms with Crippen LogP contribution in [0, 0.1) is 0 Å². The molecule has 1 unspecified atom stereocenters. The fourth-order valence-corrected chi connectivity index (χ4v) is 2.22. The summed E-state index contributed by atoms with van der Waals surface area (Å²) in [5.74, 6) is 1.57. The second kappa shape index (κ2) is 6.43. The number of methoxy groups -OCH3 is 2. The predicted octanol–water partition coefficient (Wildman–Crippen LogP) is 2.14. The number of rotatable bonds is 6. The van der Waals surface area contributed by atoms with Crippen LogP contribution in [0.25, 0.3) is 0 Å². The maximum Gasteiger partial charge on any atom is 0.127 e. The second-order valence-electron chi connectivity index (χ2n) is 4.51. The van der Waals surface area contributed by atoms with Gasteiger partial charge in [-0.05, 0) is 24.7 Å². The number of aromatic nitrogens is 2. The number of benzene rings is 1. The third kappa shape index (κ3) is 2.93. The highest BCUT2D eigenvalue weighted by atomic mass is 16.5. The molecule has 1 atom stereocenters. The molecule has 0 fully saturated rings. The minimum Gasteiger partial charge on any atom is -0.497 e. The number of nitrogens with one attached hydrogen (secondary N) is 1. The van der Waals surface area contributed by atoms with Crippen LogP contribution in [-0.2, 0) is 7.05 Å². The van der Waals surface area contributed by atoms with E-state index in [4.69, 9.17) is 9.47 Å². The smallest absolute Gasteiger partial charge is 0.127 e. The Morgan fingerprint density at radius 1 is 1.25 bits per heavy atom. The minimum absolute atomic E-state index is 0.00190. The summed E-state index contributed by atoms with van der Waals surface area (Å²) in [4.78, 5) is 0. The Bertz CT molecular complexity index is 566. The van der Waals surface area contributed by atoms with Crippen LogP contribution in [0.4, 0.5) is 0 Å². The molecule has 1 aromatic carbocycles. The van der Waals surface area contributed by atoms with E-state index in [-0.39, 0.29) is 6.04 Å². The molecular formula is C15H21N3O2. The summed E-state index contributed by atoms with van der Waals surface area (Å²) in [5, 5.41) is 7.94. The lowest BCUT2D eigenvalue weighted by Crippen LogP contribution is -2.23. The average molecular weight is 275 g/mol. The van der Waals surface area contributed by atoms with Crippen LogP contribution in [0.3, 0.4) is 0 Å². The standard InChI is InChI=1S/C15H21N3O2/c1-5-16-15(13-8-9-18(2)17-13)12-7-6-11(19-3)10-14(12)20-4/h6-10,15-16H,5H2,1-4H3. The van der Waals surface area contributed by atoms with Crippen molar-refractivity contribution in [3.63, 3.8) is 0 Å². The van der Waals surface area contributed by atoms with E-state index in [2.05, 4.69) is 17.3 Å². The molecule has 0 saturated carbocycles. The van der Waals surface area contributed by atoms with Crippen LogP contribution >= 0.6 is 0 Å². The third-order valence-electron chi connectivity index (χ3n) is 3.19. The van der Waals surface area contributed by atoms with E-state index in [1.54, 1.807) is 18.9 Å². The van der Waals surface area contributed by atoms with Crippen LogP contribution in [-0.4, -0.2) is 30.5 Å². The van der Waals surface area contributed by atoms with Gasteiger partial charge in [-0.1, -0.05) is 6.92 Å². The normalized spacial score (nSPS) is 12.2. The molecule has 0 aliphatic heterocycles. The first kappa shape index (κ1) is 14.4. The van der Waals surface area contributed by atoms with Gasteiger partial charge in [0.1, 0.15) is 11.5 Å². The van der Waals surface area contributed by atoms with Crippen LogP contribution in [0.1, 0.15) is 24.2 Å². The van der Waals surface area contributed by atoms with Gasteiger partial charge in [0.25, 0.3) is 0 Å². The third-order valence-corrected chi connectivity index (χ3v) is 3.19. The van der Waals surface area contributed by atoms with E-state index >= 15 is 0 Å². The summed E-state index contributed by atoms with van der Waals surface area (Å²) in [6.07, 6.45) is 1.94. The van der Waals surface area contributed by atoms with Gasteiger partial charge in [0.2, 0.25) is 0 Å². The molecule has 5 heteroatoms. The van der Waals surface area contributed by atoms with Crippen molar-refractivity contribution < 1.29 is 9.47 Å². The van der Waals surface area contributed by atoms with E-state index in [0.29, 0.717) is 0 Å². The Hall–Kier alpha value is -2.01. The monoisotopic (exact) mass is 275 g/mol. The molecule has 5 nitrogen and oxygen atoms in total. The lowest BCUT2D eigenvalue weighted by molar-refractivity contribution is 0.387. The van der Waals surface area contributed by atoms with Crippen LogP contribution in [0.15, 0.2) is 30.5 Å². The molecule has 0 saturated heterocycles. The van der Waals surface area contributed by atoms with Crippen molar-refractivity contribution in [2.45, 2.75) is 13.0 Å². The van der Waals surface area contributed by atoms with E-state index in [1.165, 1.54) is 0 Å². The highest BCUT2D eigenvalue weighted by Crippen LogP contribution is 2.32. The van der Waals surface area contributed by atoms with Crippen molar-refractivity contribution in [3.05, 3.63) is 41.7 Å². The highest BCUT2D eigenvalue weighted by molar-refractivity contribution is 5.45. The van der Waals surface area contributed by atoms with Crippen molar-refractivity contribution in [2.24, 2.45) is 7.05 Å². The van der Waals surface area contributed by atoms with Crippen molar-refractivity contribution in [1.82, 2.24) is 15.1 Å². The van der Waals surface area contributed by atoms with Gasteiger partial charge in [0.15, 0.2) is 0 Å². The minimum atomic E-state index is 0.00190. The zero-order chi connectivity index (χ0) is 14.5. The molecule has 0 spiro atoms. The number of hydrogen-bond acceptors (Lipinski definition) is 4. The van der Waals surface area contributed by atoms with Gasteiger partial charge in [-0.3, -0.25) is 4.68 Å². The summed E-state index contributed by atoms with van der Waals surface area (Å²) >= 11 is 0. The SMILES string of the molecule is CCNC(c1ccn(C)n1)c1ccc(OC)cc1OC. The van der Waals surface area contributed by atoms with E-state index in [0.717, 1.165) is 29.3 Å². The lowest BCUT2D eigenvalue weighted by atomic mass is 10.0. The maximum atomic E-state index is 5.49. The Labute approximate surface area is 119 Å². The molecule has 0 radical (unpaired) electrons. The van der Waals surface area contributed by atoms with Gasteiger partial charge >= 0.3 is 0 Å². The molecule has 0 aliphatic carbocycles. The van der Waals surface area contributed by atoms with Gasteiger partial charge in [-0.25, -0.2) is 0 Å². The summed E-state index contributed by atoms with van der Waals surface area (Å²) in [7, 11) is 5.23. The molecule has 1 aromatic heterocycles. The molecule has 0 bridgehead atoms. The Morgan fingerprint density at radius 2 is 2.05 bits per heavy atom. The van der Waals surface area contributed by atoms with Crippen molar-refractivity contribution in [3.8, 4) is 11.5 Å². The predicted molar refractivity (Wildman–Crippen MR) is 78.3 cm³/mol. The van der Waals surface area contributed by atoms with Crippen LogP contribution < -0.4 is 14.8 Å².